The number of thiophene rings is 1. The molecule has 4 nitrogen and oxygen atoms in total. The third-order valence-corrected chi connectivity index (χ3v) is 3.76. The number of hydrogen-bond donors (Lipinski definition) is 1. The lowest BCUT2D eigenvalue weighted by molar-refractivity contribution is 0.199. The van der Waals surface area contributed by atoms with E-state index in [1.54, 1.807) is 18.4 Å². The molecule has 0 amide bonds. The maximum Gasteiger partial charge on any atom is 0.133 e. The molecule has 0 bridgehead atoms. The van der Waals surface area contributed by atoms with Crippen molar-refractivity contribution in [1.82, 2.24) is 10.3 Å². The van der Waals surface area contributed by atoms with Crippen LogP contribution in [0.3, 0.4) is 0 Å². The molecule has 0 radical (unpaired) electrons. The van der Waals surface area contributed by atoms with E-state index >= 15 is 0 Å². The number of aromatic nitrogens is 1. The number of nitrogens with zero attached hydrogens (tertiary/aromatic N) is 2. The van der Waals surface area contributed by atoms with Gasteiger partial charge in [0.25, 0.3) is 0 Å². The van der Waals surface area contributed by atoms with Crippen LogP contribution in [-0.2, 0) is 17.8 Å². The zero-order chi connectivity index (χ0) is 14.2. The third kappa shape index (κ3) is 4.30. The molecule has 0 unspecified atom stereocenters. The van der Waals surface area contributed by atoms with Crippen LogP contribution in [0.2, 0.25) is 0 Å². The van der Waals surface area contributed by atoms with Crippen LogP contribution < -0.4 is 10.2 Å². The Labute approximate surface area is 124 Å². The number of ether oxygens (including phenoxy) is 1. The number of anilines is 1. The van der Waals surface area contributed by atoms with Gasteiger partial charge < -0.3 is 15.0 Å². The smallest absolute Gasteiger partial charge is 0.133 e. The minimum Gasteiger partial charge on any atom is -0.383 e. The maximum absolute atomic E-state index is 5.04. The number of nitrogens with one attached hydrogen (secondary N) is 1. The van der Waals surface area contributed by atoms with Crippen LogP contribution in [0.5, 0.6) is 0 Å². The second-order valence-corrected chi connectivity index (χ2v) is 5.42. The van der Waals surface area contributed by atoms with E-state index in [4.69, 9.17) is 4.74 Å². The van der Waals surface area contributed by atoms with Crippen molar-refractivity contribution < 1.29 is 4.74 Å². The van der Waals surface area contributed by atoms with E-state index in [-0.39, 0.29) is 0 Å². The predicted molar refractivity (Wildman–Crippen MR) is 84.2 cm³/mol. The molecule has 5 heteroatoms. The Hall–Kier alpha value is -1.43. The number of pyridine rings is 1. The first-order valence-corrected chi connectivity index (χ1v) is 7.61. The largest absolute Gasteiger partial charge is 0.383 e. The highest BCUT2D eigenvalue weighted by molar-refractivity contribution is 7.07. The fraction of sp³-hybridized carbons (Fsp3) is 0.400. The fourth-order valence-corrected chi connectivity index (χ4v) is 2.70. The molecule has 0 aliphatic heterocycles. The average molecular weight is 291 g/mol. The van der Waals surface area contributed by atoms with Gasteiger partial charge in [-0.15, -0.1) is 0 Å². The maximum atomic E-state index is 5.04. The molecule has 0 atom stereocenters. The van der Waals surface area contributed by atoms with Gasteiger partial charge in [-0.05, 0) is 28.5 Å². The summed E-state index contributed by atoms with van der Waals surface area (Å²) in [5.74, 6) is 1.03. The van der Waals surface area contributed by atoms with Gasteiger partial charge in [-0.25, -0.2) is 4.98 Å². The Morgan fingerprint density at radius 2 is 2.30 bits per heavy atom. The van der Waals surface area contributed by atoms with E-state index in [1.165, 1.54) is 11.1 Å². The highest BCUT2D eigenvalue weighted by Gasteiger charge is 2.09. The lowest BCUT2D eigenvalue weighted by Crippen LogP contribution is -2.23. The summed E-state index contributed by atoms with van der Waals surface area (Å²) in [6.45, 7) is 3.26. The molecule has 1 N–H and O–H groups in total. The summed E-state index contributed by atoms with van der Waals surface area (Å²) in [4.78, 5) is 6.71. The molecule has 0 aliphatic rings. The number of hydrogen-bond acceptors (Lipinski definition) is 5. The SMILES string of the molecule is COCCNCc1cccnc1N(C)Cc1ccsc1. The highest BCUT2D eigenvalue weighted by Crippen LogP contribution is 2.18. The summed E-state index contributed by atoms with van der Waals surface area (Å²) in [6, 6.07) is 6.25. The van der Waals surface area contributed by atoms with E-state index in [2.05, 4.69) is 45.1 Å². The van der Waals surface area contributed by atoms with Crippen LogP contribution in [0.4, 0.5) is 5.82 Å². The standard InChI is InChI=1S/C15H21N3OS/c1-18(11-13-5-9-20-12-13)15-14(4-3-6-17-15)10-16-7-8-19-2/h3-6,9,12,16H,7-8,10-11H2,1-2H3. The Bertz CT molecular complexity index is 502. The second-order valence-electron chi connectivity index (χ2n) is 4.64. The second kappa shape index (κ2) is 7.99. The van der Waals surface area contributed by atoms with Gasteiger partial charge in [-0.2, -0.15) is 11.3 Å². The van der Waals surface area contributed by atoms with Crippen LogP contribution in [-0.4, -0.2) is 32.3 Å². The molecule has 108 valence electrons. The zero-order valence-corrected chi connectivity index (χ0v) is 12.8. The average Bonchev–Trinajstić information content (AvgIpc) is 2.97. The van der Waals surface area contributed by atoms with E-state index < -0.39 is 0 Å². The molecule has 0 fully saturated rings. The predicted octanol–water partition coefficient (Wildman–Crippen LogP) is 2.52. The van der Waals surface area contributed by atoms with Crippen molar-refractivity contribution in [2.45, 2.75) is 13.1 Å². The highest BCUT2D eigenvalue weighted by atomic mass is 32.1. The first kappa shape index (κ1) is 15.0. The third-order valence-electron chi connectivity index (χ3n) is 3.03. The summed E-state index contributed by atoms with van der Waals surface area (Å²) in [7, 11) is 3.80. The van der Waals surface area contributed by atoms with E-state index in [1.807, 2.05) is 12.3 Å². The van der Waals surface area contributed by atoms with Crippen LogP contribution in [0.15, 0.2) is 35.2 Å². The first-order valence-electron chi connectivity index (χ1n) is 6.67. The lowest BCUT2D eigenvalue weighted by atomic mass is 10.2. The van der Waals surface area contributed by atoms with Gasteiger partial charge in [0.05, 0.1) is 6.61 Å². The molecule has 2 aromatic heterocycles. The van der Waals surface area contributed by atoms with Crippen molar-refractivity contribution >= 4 is 17.2 Å². The minimum atomic E-state index is 0.723. The molecular weight excluding hydrogens is 270 g/mol. The Balaban J connectivity index is 1.99. The molecule has 2 heterocycles. The summed E-state index contributed by atoms with van der Waals surface area (Å²) in [6.07, 6.45) is 1.85. The molecule has 0 aromatic carbocycles. The zero-order valence-electron chi connectivity index (χ0n) is 12.0. The van der Waals surface area contributed by atoms with Crippen LogP contribution >= 0.6 is 11.3 Å². The number of rotatable bonds is 8. The molecule has 0 saturated carbocycles. The van der Waals surface area contributed by atoms with E-state index in [0.717, 1.165) is 32.1 Å². The minimum absolute atomic E-state index is 0.723. The number of methoxy groups -OCH3 is 1. The van der Waals surface area contributed by atoms with Crippen LogP contribution in [0, 0.1) is 0 Å². The molecular formula is C15H21N3OS. The Morgan fingerprint density at radius 1 is 1.40 bits per heavy atom. The lowest BCUT2D eigenvalue weighted by Gasteiger charge is -2.20. The van der Waals surface area contributed by atoms with Crippen LogP contribution in [0.1, 0.15) is 11.1 Å². The summed E-state index contributed by atoms with van der Waals surface area (Å²) >= 11 is 1.73. The van der Waals surface area contributed by atoms with Gasteiger partial charge >= 0.3 is 0 Å². The van der Waals surface area contributed by atoms with Gasteiger partial charge in [-0.3, -0.25) is 0 Å². The van der Waals surface area contributed by atoms with Crippen molar-refractivity contribution in [3.8, 4) is 0 Å². The van der Waals surface area contributed by atoms with Gasteiger partial charge in [-0.1, -0.05) is 6.07 Å². The van der Waals surface area contributed by atoms with Gasteiger partial charge in [0.1, 0.15) is 5.82 Å². The van der Waals surface area contributed by atoms with Crippen molar-refractivity contribution in [2.24, 2.45) is 0 Å². The monoisotopic (exact) mass is 291 g/mol. The summed E-state index contributed by atoms with van der Waals surface area (Å²) in [5, 5.41) is 7.65. The molecule has 0 saturated heterocycles. The van der Waals surface area contributed by atoms with Gasteiger partial charge in [0.15, 0.2) is 0 Å². The van der Waals surface area contributed by atoms with Crippen molar-refractivity contribution in [1.29, 1.82) is 0 Å². The Morgan fingerprint density at radius 3 is 3.05 bits per heavy atom. The molecule has 2 rings (SSSR count). The van der Waals surface area contributed by atoms with Gasteiger partial charge in [0, 0.05) is 45.6 Å². The van der Waals surface area contributed by atoms with Crippen molar-refractivity contribution in [2.75, 3.05) is 32.2 Å². The van der Waals surface area contributed by atoms with Gasteiger partial charge in [0.2, 0.25) is 0 Å². The molecule has 20 heavy (non-hydrogen) atoms. The summed E-state index contributed by atoms with van der Waals surface area (Å²) < 4.78 is 5.04. The molecule has 0 aliphatic carbocycles. The van der Waals surface area contributed by atoms with Crippen LogP contribution in [0.25, 0.3) is 0 Å². The van der Waals surface area contributed by atoms with Crippen molar-refractivity contribution in [3.63, 3.8) is 0 Å². The fourth-order valence-electron chi connectivity index (χ4n) is 2.04. The van der Waals surface area contributed by atoms with E-state index in [0.29, 0.717) is 0 Å². The molecule has 0 spiro atoms. The Kier molecular flexibility index (Phi) is 5.98. The van der Waals surface area contributed by atoms with E-state index in [9.17, 15) is 0 Å². The normalized spacial score (nSPS) is 10.7. The summed E-state index contributed by atoms with van der Waals surface area (Å²) in [5.41, 5.74) is 2.53. The quantitative estimate of drug-likeness (QED) is 0.758. The molecule has 2 aromatic rings. The first-order chi connectivity index (χ1) is 9.81. The topological polar surface area (TPSA) is 37.4 Å². The van der Waals surface area contributed by atoms with Crippen molar-refractivity contribution in [3.05, 3.63) is 46.3 Å².